The van der Waals surface area contributed by atoms with E-state index in [-0.39, 0.29) is 0 Å². The fourth-order valence-electron chi connectivity index (χ4n) is 3.21. The number of rotatable bonds is 5. The van der Waals surface area contributed by atoms with E-state index in [4.69, 9.17) is 0 Å². The van der Waals surface area contributed by atoms with E-state index in [1.807, 2.05) is 12.1 Å². The van der Waals surface area contributed by atoms with Crippen LogP contribution in [0, 0.1) is 6.92 Å². The molecule has 1 heterocycles. The van der Waals surface area contributed by atoms with E-state index < -0.39 is 0 Å². The average Bonchev–Trinajstić information content (AvgIpc) is 2.47. The summed E-state index contributed by atoms with van der Waals surface area (Å²) in [4.78, 5) is 0. The molecule has 0 spiro atoms. The van der Waals surface area contributed by atoms with Gasteiger partial charge in [0.2, 0.25) is 0 Å². The summed E-state index contributed by atoms with van der Waals surface area (Å²) in [6, 6.07) is 15.3. The molecule has 0 amide bonds. The highest BCUT2D eigenvalue weighted by molar-refractivity contribution is 5.36. The minimum absolute atomic E-state index is 0.331. The number of nitrogens with one attached hydrogen (secondary N) is 1. The van der Waals surface area contributed by atoms with Crippen LogP contribution in [0.25, 0.3) is 0 Å². The number of unbranched alkanes of at least 4 members (excludes halogenated alkanes) is 1. The van der Waals surface area contributed by atoms with E-state index in [9.17, 15) is 5.11 Å². The topological polar surface area (TPSA) is 32.3 Å². The molecule has 2 heteroatoms. The highest BCUT2D eigenvalue weighted by Crippen LogP contribution is 2.38. The quantitative estimate of drug-likeness (QED) is 0.829. The highest BCUT2D eigenvalue weighted by Gasteiger charge is 2.30. The van der Waals surface area contributed by atoms with Crippen molar-refractivity contribution in [1.29, 1.82) is 0 Å². The first-order chi connectivity index (χ1) is 10.7. The van der Waals surface area contributed by atoms with Gasteiger partial charge in [-0.05, 0) is 60.6 Å². The van der Waals surface area contributed by atoms with E-state index in [2.05, 4.69) is 37.4 Å². The standard InChI is InChI=1S/C20H25NO/c1-3-4-5-15-6-7-17(12-14(15)2)20-13-19(21-20)16-8-10-18(22)11-9-16/h6-12,19-22H,3-5,13H2,1-2H3. The van der Waals surface area contributed by atoms with E-state index in [1.54, 1.807) is 12.1 Å². The Balaban J connectivity index is 1.62. The number of phenolic OH excluding ortho intramolecular Hbond substituents is 1. The molecule has 2 N–H and O–H groups in total. The van der Waals surface area contributed by atoms with Crippen LogP contribution in [0.3, 0.4) is 0 Å². The van der Waals surface area contributed by atoms with Crippen LogP contribution in [-0.4, -0.2) is 5.11 Å². The fourth-order valence-corrected chi connectivity index (χ4v) is 3.21. The first-order valence-electron chi connectivity index (χ1n) is 8.31. The first kappa shape index (κ1) is 15.1. The second kappa shape index (κ2) is 6.53. The summed E-state index contributed by atoms with van der Waals surface area (Å²) in [6.07, 6.45) is 4.83. The summed E-state index contributed by atoms with van der Waals surface area (Å²) in [7, 11) is 0. The molecule has 0 bridgehead atoms. The summed E-state index contributed by atoms with van der Waals surface area (Å²) in [5, 5.41) is 13.0. The molecule has 1 aliphatic rings. The van der Waals surface area contributed by atoms with Crippen molar-refractivity contribution >= 4 is 0 Å². The number of hydrogen-bond acceptors (Lipinski definition) is 2. The van der Waals surface area contributed by atoms with Crippen molar-refractivity contribution in [2.45, 2.75) is 51.6 Å². The lowest BCUT2D eigenvalue weighted by Gasteiger charge is -2.38. The Bertz CT molecular complexity index is 627. The van der Waals surface area contributed by atoms with Gasteiger partial charge in [0.1, 0.15) is 5.75 Å². The van der Waals surface area contributed by atoms with Crippen molar-refractivity contribution in [3.63, 3.8) is 0 Å². The van der Waals surface area contributed by atoms with Crippen LogP contribution in [0.1, 0.15) is 60.5 Å². The van der Waals surface area contributed by atoms with Gasteiger partial charge in [-0.15, -0.1) is 0 Å². The van der Waals surface area contributed by atoms with Crippen LogP contribution in [0.15, 0.2) is 42.5 Å². The van der Waals surface area contributed by atoms with Gasteiger partial charge in [-0.2, -0.15) is 0 Å². The maximum absolute atomic E-state index is 9.36. The maximum Gasteiger partial charge on any atom is 0.115 e. The summed E-state index contributed by atoms with van der Waals surface area (Å²) in [5.74, 6) is 0.331. The van der Waals surface area contributed by atoms with Crippen molar-refractivity contribution < 1.29 is 5.11 Å². The van der Waals surface area contributed by atoms with Crippen molar-refractivity contribution in [3.05, 3.63) is 64.7 Å². The van der Waals surface area contributed by atoms with Gasteiger partial charge in [0, 0.05) is 12.1 Å². The smallest absolute Gasteiger partial charge is 0.115 e. The van der Waals surface area contributed by atoms with Gasteiger partial charge in [-0.3, -0.25) is 0 Å². The predicted molar refractivity (Wildman–Crippen MR) is 91.1 cm³/mol. The van der Waals surface area contributed by atoms with Crippen LogP contribution >= 0.6 is 0 Å². The Hall–Kier alpha value is -1.80. The van der Waals surface area contributed by atoms with Crippen LogP contribution in [0.5, 0.6) is 5.75 Å². The van der Waals surface area contributed by atoms with Crippen molar-refractivity contribution in [2.24, 2.45) is 0 Å². The van der Waals surface area contributed by atoms with Crippen LogP contribution in [-0.2, 0) is 6.42 Å². The Morgan fingerprint density at radius 2 is 1.68 bits per heavy atom. The lowest BCUT2D eigenvalue weighted by atomic mass is 9.85. The molecular formula is C20H25NO. The minimum Gasteiger partial charge on any atom is -0.508 e. The summed E-state index contributed by atoms with van der Waals surface area (Å²) < 4.78 is 0. The lowest BCUT2D eigenvalue weighted by Crippen LogP contribution is -2.39. The van der Waals surface area contributed by atoms with Crippen LogP contribution in [0.2, 0.25) is 0 Å². The molecule has 116 valence electrons. The first-order valence-corrected chi connectivity index (χ1v) is 8.31. The fraction of sp³-hybridized carbons (Fsp3) is 0.400. The molecule has 22 heavy (non-hydrogen) atoms. The third kappa shape index (κ3) is 3.17. The van der Waals surface area contributed by atoms with Gasteiger partial charge in [0.25, 0.3) is 0 Å². The summed E-state index contributed by atoms with van der Waals surface area (Å²) in [5.41, 5.74) is 5.55. The number of phenols is 1. The number of hydrogen-bond donors (Lipinski definition) is 2. The number of benzene rings is 2. The molecule has 2 atom stereocenters. The van der Waals surface area contributed by atoms with Gasteiger partial charge >= 0.3 is 0 Å². The third-order valence-electron chi connectivity index (χ3n) is 4.74. The number of aryl methyl sites for hydroxylation is 2. The Morgan fingerprint density at radius 1 is 1.05 bits per heavy atom. The molecule has 0 aliphatic carbocycles. The summed E-state index contributed by atoms with van der Waals surface area (Å²) in [6.45, 7) is 4.47. The SMILES string of the molecule is CCCCc1ccc(C2CC(c3ccc(O)cc3)N2)cc1C. The third-order valence-corrected chi connectivity index (χ3v) is 4.74. The van der Waals surface area contributed by atoms with E-state index >= 15 is 0 Å². The van der Waals surface area contributed by atoms with Crippen LogP contribution < -0.4 is 5.32 Å². The maximum atomic E-state index is 9.36. The van der Waals surface area contributed by atoms with Gasteiger partial charge in [0.05, 0.1) is 0 Å². The molecule has 2 nitrogen and oxygen atoms in total. The van der Waals surface area contributed by atoms with Crippen molar-refractivity contribution in [2.75, 3.05) is 0 Å². The normalized spacial score (nSPS) is 20.6. The molecular weight excluding hydrogens is 270 g/mol. The Morgan fingerprint density at radius 3 is 2.32 bits per heavy atom. The number of aromatic hydroxyl groups is 1. The van der Waals surface area contributed by atoms with E-state index in [1.165, 1.54) is 41.5 Å². The zero-order valence-corrected chi connectivity index (χ0v) is 13.5. The van der Waals surface area contributed by atoms with E-state index in [0.29, 0.717) is 17.8 Å². The summed E-state index contributed by atoms with van der Waals surface area (Å²) >= 11 is 0. The molecule has 0 saturated carbocycles. The largest absolute Gasteiger partial charge is 0.508 e. The van der Waals surface area contributed by atoms with Gasteiger partial charge in [-0.1, -0.05) is 43.7 Å². The monoisotopic (exact) mass is 295 g/mol. The molecule has 3 rings (SSSR count). The molecule has 0 aromatic heterocycles. The molecule has 2 aromatic carbocycles. The van der Waals surface area contributed by atoms with Gasteiger partial charge in [-0.25, -0.2) is 0 Å². The zero-order valence-electron chi connectivity index (χ0n) is 13.5. The Labute approximate surface area is 133 Å². The molecule has 2 aromatic rings. The highest BCUT2D eigenvalue weighted by atomic mass is 16.3. The van der Waals surface area contributed by atoms with Crippen molar-refractivity contribution in [3.8, 4) is 5.75 Å². The lowest BCUT2D eigenvalue weighted by molar-refractivity contribution is 0.273. The average molecular weight is 295 g/mol. The van der Waals surface area contributed by atoms with Crippen LogP contribution in [0.4, 0.5) is 0 Å². The minimum atomic E-state index is 0.331. The van der Waals surface area contributed by atoms with Gasteiger partial charge < -0.3 is 10.4 Å². The van der Waals surface area contributed by atoms with Gasteiger partial charge in [0.15, 0.2) is 0 Å². The Kier molecular flexibility index (Phi) is 4.49. The molecule has 1 aliphatic heterocycles. The second-order valence-electron chi connectivity index (χ2n) is 6.39. The van der Waals surface area contributed by atoms with Crippen molar-refractivity contribution in [1.82, 2.24) is 5.32 Å². The molecule has 1 saturated heterocycles. The second-order valence-corrected chi connectivity index (χ2v) is 6.39. The molecule has 1 fully saturated rings. The van der Waals surface area contributed by atoms with E-state index in [0.717, 1.165) is 6.42 Å². The molecule has 0 radical (unpaired) electrons. The predicted octanol–water partition coefficient (Wildman–Crippen LogP) is 4.82. The molecule has 2 unspecified atom stereocenters. The zero-order chi connectivity index (χ0) is 15.5.